The standard InChI is InChI=1S/C9H10N4/c1-10-8-4-2-5-9(12-8)13-7-3-6-11-13/h2-7H,1H3,(H,10,12). The highest BCUT2D eigenvalue weighted by atomic mass is 15.3. The van der Waals surface area contributed by atoms with Crippen LogP contribution in [0.25, 0.3) is 5.82 Å². The van der Waals surface area contributed by atoms with E-state index in [1.165, 1.54) is 0 Å². The van der Waals surface area contributed by atoms with Crippen LogP contribution in [0.3, 0.4) is 0 Å². The molecule has 0 bridgehead atoms. The first-order valence-electron chi connectivity index (χ1n) is 4.05. The molecule has 2 aromatic heterocycles. The molecule has 0 fully saturated rings. The quantitative estimate of drug-likeness (QED) is 0.746. The summed E-state index contributed by atoms with van der Waals surface area (Å²) in [6.45, 7) is 0. The van der Waals surface area contributed by atoms with Gasteiger partial charge in [-0.1, -0.05) is 6.07 Å². The Kier molecular flexibility index (Phi) is 1.96. The van der Waals surface area contributed by atoms with Crippen molar-refractivity contribution >= 4 is 5.82 Å². The Morgan fingerprint density at radius 3 is 2.92 bits per heavy atom. The Labute approximate surface area is 76.2 Å². The van der Waals surface area contributed by atoms with Crippen LogP contribution in [0, 0.1) is 0 Å². The van der Waals surface area contributed by atoms with Crippen molar-refractivity contribution in [2.45, 2.75) is 0 Å². The summed E-state index contributed by atoms with van der Waals surface area (Å²) in [6.07, 6.45) is 3.59. The lowest BCUT2D eigenvalue weighted by molar-refractivity contribution is 0.848. The van der Waals surface area contributed by atoms with Crippen molar-refractivity contribution in [2.75, 3.05) is 12.4 Å². The minimum atomic E-state index is 0.817. The molecule has 0 aliphatic carbocycles. The molecule has 0 amide bonds. The zero-order valence-corrected chi connectivity index (χ0v) is 7.31. The smallest absolute Gasteiger partial charge is 0.155 e. The van der Waals surface area contributed by atoms with Crippen molar-refractivity contribution in [1.82, 2.24) is 14.8 Å². The number of pyridine rings is 1. The fourth-order valence-electron chi connectivity index (χ4n) is 1.09. The number of nitrogens with one attached hydrogen (secondary N) is 1. The van der Waals surface area contributed by atoms with Crippen LogP contribution >= 0.6 is 0 Å². The second-order valence-electron chi connectivity index (χ2n) is 2.58. The zero-order valence-electron chi connectivity index (χ0n) is 7.31. The Morgan fingerprint density at radius 2 is 2.23 bits per heavy atom. The molecule has 66 valence electrons. The summed E-state index contributed by atoms with van der Waals surface area (Å²) < 4.78 is 1.72. The van der Waals surface area contributed by atoms with Crippen molar-refractivity contribution < 1.29 is 0 Å². The molecule has 2 rings (SSSR count). The van der Waals surface area contributed by atoms with Gasteiger partial charge in [-0.15, -0.1) is 0 Å². The molecule has 0 aliphatic heterocycles. The summed E-state index contributed by atoms with van der Waals surface area (Å²) >= 11 is 0. The molecule has 2 aromatic rings. The lowest BCUT2D eigenvalue weighted by Crippen LogP contribution is -2.00. The summed E-state index contributed by atoms with van der Waals surface area (Å²) in [7, 11) is 1.84. The SMILES string of the molecule is CNc1cccc(-n2cccn2)n1. The molecule has 0 unspecified atom stereocenters. The average molecular weight is 174 g/mol. The molecule has 4 nitrogen and oxygen atoms in total. The van der Waals surface area contributed by atoms with Gasteiger partial charge in [0.25, 0.3) is 0 Å². The van der Waals surface area contributed by atoms with Gasteiger partial charge in [-0.25, -0.2) is 9.67 Å². The van der Waals surface area contributed by atoms with Crippen LogP contribution in [0.15, 0.2) is 36.7 Å². The van der Waals surface area contributed by atoms with Gasteiger partial charge < -0.3 is 5.32 Å². The number of nitrogens with zero attached hydrogens (tertiary/aromatic N) is 3. The van der Waals surface area contributed by atoms with E-state index in [2.05, 4.69) is 15.4 Å². The second-order valence-corrected chi connectivity index (χ2v) is 2.58. The normalized spacial score (nSPS) is 9.92. The predicted molar refractivity (Wildman–Crippen MR) is 50.9 cm³/mol. The Hall–Kier alpha value is -1.84. The predicted octanol–water partition coefficient (Wildman–Crippen LogP) is 1.31. The van der Waals surface area contributed by atoms with Gasteiger partial charge in [0.1, 0.15) is 5.82 Å². The maximum Gasteiger partial charge on any atom is 0.155 e. The molecule has 0 spiro atoms. The summed E-state index contributed by atoms with van der Waals surface area (Å²) in [6, 6.07) is 7.63. The Bertz CT molecular complexity index is 380. The summed E-state index contributed by atoms with van der Waals surface area (Å²) in [5, 5.41) is 7.07. The summed E-state index contributed by atoms with van der Waals surface area (Å²) in [5.41, 5.74) is 0. The lowest BCUT2D eigenvalue weighted by atomic mass is 10.4. The lowest BCUT2D eigenvalue weighted by Gasteiger charge is -2.02. The van der Waals surface area contributed by atoms with E-state index in [9.17, 15) is 0 Å². The third kappa shape index (κ3) is 1.51. The summed E-state index contributed by atoms with van der Waals surface area (Å²) in [5.74, 6) is 1.66. The van der Waals surface area contributed by atoms with E-state index in [4.69, 9.17) is 0 Å². The third-order valence-electron chi connectivity index (χ3n) is 1.73. The molecule has 0 saturated heterocycles. The highest BCUT2D eigenvalue weighted by Crippen LogP contribution is 2.06. The van der Waals surface area contributed by atoms with E-state index >= 15 is 0 Å². The van der Waals surface area contributed by atoms with E-state index in [1.807, 2.05) is 37.5 Å². The molecule has 1 N–H and O–H groups in total. The molecule has 0 aliphatic rings. The molecule has 4 heteroatoms. The van der Waals surface area contributed by atoms with Gasteiger partial charge >= 0.3 is 0 Å². The number of rotatable bonds is 2. The van der Waals surface area contributed by atoms with Gasteiger partial charge in [-0.3, -0.25) is 0 Å². The second kappa shape index (κ2) is 3.26. The maximum atomic E-state index is 4.32. The van der Waals surface area contributed by atoms with Crippen LogP contribution < -0.4 is 5.32 Å². The van der Waals surface area contributed by atoms with E-state index < -0.39 is 0 Å². The van der Waals surface area contributed by atoms with Gasteiger partial charge in [-0.05, 0) is 18.2 Å². The van der Waals surface area contributed by atoms with Crippen LogP contribution in [0.5, 0.6) is 0 Å². The fourth-order valence-corrected chi connectivity index (χ4v) is 1.09. The molecule has 13 heavy (non-hydrogen) atoms. The van der Waals surface area contributed by atoms with Crippen LogP contribution in [-0.2, 0) is 0 Å². The maximum absolute atomic E-state index is 4.32. The highest BCUT2D eigenvalue weighted by Gasteiger charge is 1.97. The minimum absolute atomic E-state index is 0.817. The van der Waals surface area contributed by atoms with E-state index in [-0.39, 0.29) is 0 Å². The van der Waals surface area contributed by atoms with Gasteiger partial charge in [0.05, 0.1) is 0 Å². The van der Waals surface area contributed by atoms with Gasteiger partial charge in [-0.2, -0.15) is 5.10 Å². The number of aromatic nitrogens is 3. The number of anilines is 1. The Morgan fingerprint density at radius 1 is 1.31 bits per heavy atom. The van der Waals surface area contributed by atoms with E-state index in [0.717, 1.165) is 11.6 Å². The van der Waals surface area contributed by atoms with Crippen molar-refractivity contribution in [3.05, 3.63) is 36.7 Å². The molecule has 0 radical (unpaired) electrons. The molecule has 0 saturated carbocycles. The zero-order chi connectivity index (χ0) is 9.10. The monoisotopic (exact) mass is 174 g/mol. The molecule has 0 atom stereocenters. The van der Waals surface area contributed by atoms with Gasteiger partial charge in [0, 0.05) is 19.4 Å². The fraction of sp³-hybridized carbons (Fsp3) is 0.111. The van der Waals surface area contributed by atoms with Crippen LogP contribution in [0.1, 0.15) is 0 Å². The van der Waals surface area contributed by atoms with Crippen LogP contribution in [0.4, 0.5) is 5.82 Å². The first-order chi connectivity index (χ1) is 6.40. The van der Waals surface area contributed by atoms with Crippen molar-refractivity contribution in [2.24, 2.45) is 0 Å². The van der Waals surface area contributed by atoms with E-state index in [0.29, 0.717) is 0 Å². The highest BCUT2D eigenvalue weighted by molar-refractivity contribution is 5.38. The van der Waals surface area contributed by atoms with Crippen molar-refractivity contribution in [1.29, 1.82) is 0 Å². The van der Waals surface area contributed by atoms with Crippen molar-refractivity contribution in [3.63, 3.8) is 0 Å². The molecular weight excluding hydrogens is 164 g/mol. The van der Waals surface area contributed by atoms with Crippen LogP contribution in [-0.4, -0.2) is 21.8 Å². The first kappa shape index (κ1) is 7.79. The molecule has 2 heterocycles. The number of hydrogen-bond acceptors (Lipinski definition) is 3. The topological polar surface area (TPSA) is 42.7 Å². The van der Waals surface area contributed by atoms with E-state index in [1.54, 1.807) is 10.9 Å². The molecular formula is C9H10N4. The first-order valence-corrected chi connectivity index (χ1v) is 4.05. The average Bonchev–Trinajstić information content (AvgIpc) is 2.71. The Balaban J connectivity index is 2.41. The molecule has 0 aromatic carbocycles. The summed E-state index contributed by atoms with van der Waals surface area (Å²) in [4.78, 5) is 4.32. The largest absolute Gasteiger partial charge is 0.373 e. The number of hydrogen-bond donors (Lipinski definition) is 1. The van der Waals surface area contributed by atoms with Gasteiger partial charge in [0.2, 0.25) is 0 Å². The van der Waals surface area contributed by atoms with Crippen molar-refractivity contribution in [3.8, 4) is 5.82 Å². The van der Waals surface area contributed by atoms with Gasteiger partial charge in [0.15, 0.2) is 5.82 Å². The minimum Gasteiger partial charge on any atom is -0.373 e. The third-order valence-corrected chi connectivity index (χ3v) is 1.73. The van der Waals surface area contributed by atoms with Crippen LogP contribution in [0.2, 0.25) is 0 Å².